The third-order valence-corrected chi connectivity index (χ3v) is 2.31. The normalized spacial score (nSPS) is 21.5. The molecule has 1 heterocycles. The SMILES string of the molecule is CCCCC1CCNC(=O)C1.CO. The first-order valence-corrected chi connectivity index (χ1v) is 5.04. The van der Waals surface area contributed by atoms with E-state index in [9.17, 15) is 4.79 Å². The molecule has 0 aliphatic carbocycles. The highest BCUT2D eigenvalue weighted by molar-refractivity contribution is 5.76. The third kappa shape index (κ3) is 5.64. The van der Waals surface area contributed by atoms with Crippen LogP contribution < -0.4 is 5.32 Å². The van der Waals surface area contributed by atoms with Gasteiger partial charge in [-0.25, -0.2) is 0 Å². The minimum atomic E-state index is 0.248. The minimum Gasteiger partial charge on any atom is -0.400 e. The fourth-order valence-corrected chi connectivity index (χ4v) is 1.59. The number of piperidine rings is 1. The predicted octanol–water partition coefficient (Wildman–Crippen LogP) is 1.31. The fourth-order valence-electron chi connectivity index (χ4n) is 1.59. The highest BCUT2D eigenvalue weighted by Gasteiger charge is 2.17. The topological polar surface area (TPSA) is 49.3 Å². The van der Waals surface area contributed by atoms with E-state index >= 15 is 0 Å². The molecule has 1 aliphatic heterocycles. The van der Waals surface area contributed by atoms with Gasteiger partial charge in [-0.2, -0.15) is 0 Å². The molecule has 0 radical (unpaired) electrons. The van der Waals surface area contributed by atoms with Crippen LogP contribution in [-0.4, -0.2) is 24.7 Å². The quantitative estimate of drug-likeness (QED) is 0.700. The summed E-state index contributed by atoms with van der Waals surface area (Å²) in [6.45, 7) is 3.09. The van der Waals surface area contributed by atoms with Gasteiger partial charge in [0.15, 0.2) is 0 Å². The van der Waals surface area contributed by atoms with E-state index in [1.165, 1.54) is 25.7 Å². The summed E-state index contributed by atoms with van der Waals surface area (Å²) in [6.07, 6.45) is 5.71. The smallest absolute Gasteiger partial charge is 0.220 e. The van der Waals surface area contributed by atoms with E-state index in [-0.39, 0.29) is 5.91 Å². The van der Waals surface area contributed by atoms with Crippen LogP contribution in [-0.2, 0) is 4.79 Å². The van der Waals surface area contributed by atoms with Crippen molar-refractivity contribution in [2.24, 2.45) is 5.92 Å². The highest BCUT2D eigenvalue weighted by atomic mass is 16.2. The zero-order valence-electron chi connectivity index (χ0n) is 8.68. The van der Waals surface area contributed by atoms with Crippen LogP contribution in [0.15, 0.2) is 0 Å². The Hall–Kier alpha value is -0.570. The molecule has 2 N–H and O–H groups in total. The van der Waals surface area contributed by atoms with Crippen molar-refractivity contribution in [3.8, 4) is 0 Å². The van der Waals surface area contributed by atoms with Crippen LogP contribution in [0.3, 0.4) is 0 Å². The first-order chi connectivity index (χ1) is 6.33. The maximum Gasteiger partial charge on any atom is 0.220 e. The van der Waals surface area contributed by atoms with Crippen molar-refractivity contribution in [2.45, 2.75) is 39.0 Å². The van der Waals surface area contributed by atoms with Gasteiger partial charge in [-0.15, -0.1) is 0 Å². The van der Waals surface area contributed by atoms with Gasteiger partial charge >= 0.3 is 0 Å². The molecule has 78 valence electrons. The van der Waals surface area contributed by atoms with Gasteiger partial charge in [0.05, 0.1) is 0 Å². The minimum absolute atomic E-state index is 0.248. The van der Waals surface area contributed by atoms with Gasteiger partial charge in [-0.05, 0) is 18.8 Å². The third-order valence-electron chi connectivity index (χ3n) is 2.31. The molecular formula is C10H21NO2. The van der Waals surface area contributed by atoms with Crippen molar-refractivity contribution in [3.63, 3.8) is 0 Å². The molecule has 0 spiro atoms. The summed E-state index contributed by atoms with van der Waals surface area (Å²) in [6, 6.07) is 0. The lowest BCUT2D eigenvalue weighted by molar-refractivity contribution is -0.123. The molecule has 1 fully saturated rings. The van der Waals surface area contributed by atoms with Crippen LogP contribution >= 0.6 is 0 Å². The molecule has 0 saturated carbocycles. The molecule has 3 nitrogen and oxygen atoms in total. The molecule has 1 amide bonds. The van der Waals surface area contributed by atoms with Crippen molar-refractivity contribution < 1.29 is 9.90 Å². The number of hydrogen-bond donors (Lipinski definition) is 2. The van der Waals surface area contributed by atoms with E-state index in [2.05, 4.69) is 12.2 Å². The molecule has 1 rings (SSSR count). The maximum absolute atomic E-state index is 10.9. The van der Waals surface area contributed by atoms with Crippen molar-refractivity contribution >= 4 is 5.91 Å². The molecule has 0 aromatic rings. The molecule has 1 saturated heterocycles. The van der Waals surface area contributed by atoms with E-state index in [4.69, 9.17) is 5.11 Å². The van der Waals surface area contributed by atoms with Crippen molar-refractivity contribution in [1.29, 1.82) is 0 Å². The van der Waals surface area contributed by atoms with Gasteiger partial charge in [0, 0.05) is 20.1 Å². The molecule has 0 aromatic heterocycles. The lowest BCUT2D eigenvalue weighted by atomic mass is 9.92. The van der Waals surface area contributed by atoms with Gasteiger partial charge < -0.3 is 10.4 Å². The number of rotatable bonds is 3. The van der Waals surface area contributed by atoms with E-state index in [1.54, 1.807) is 0 Å². The van der Waals surface area contributed by atoms with Crippen molar-refractivity contribution in [3.05, 3.63) is 0 Å². The average molecular weight is 187 g/mol. The van der Waals surface area contributed by atoms with Crippen LogP contribution in [0, 0.1) is 5.92 Å². The summed E-state index contributed by atoms with van der Waals surface area (Å²) < 4.78 is 0. The second-order valence-electron chi connectivity index (χ2n) is 3.35. The Morgan fingerprint density at radius 1 is 1.54 bits per heavy atom. The van der Waals surface area contributed by atoms with Gasteiger partial charge in [0.1, 0.15) is 0 Å². The Bertz CT molecular complexity index is 137. The maximum atomic E-state index is 10.9. The van der Waals surface area contributed by atoms with Crippen LogP contribution in [0.25, 0.3) is 0 Å². The number of unbranched alkanes of at least 4 members (excludes halogenated alkanes) is 1. The Balaban J connectivity index is 0.000000671. The second kappa shape index (κ2) is 8.05. The molecule has 1 aliphatic rings. The summed E-state index contributed by atoms with van der Waals surface area (Å²) in [4.78, 5) is 10.9. The fraction of sp³-hybridized carbons (Fsp3) is 0.900. The number of aliphatic hydroxyl groups is 1. The van der Waals surface area contributed by atoms with Crippen LogP contribution in [0.2, 0.25) is 0 Å². The molecule has 13 heavy (non-hydrogen) atoms. The van der Waals surface area contributed by atoms with Crippen LogP contribution in [0.1, 0.15) is 39.0 Å². The van der Waals surface area contributed by atoms with E-state index in [0.717, 1.165) is 20.1 Å². The highest BCUT2D eigenvalue weighted by Crippen LogP contribution is 2.18. The molecule has 1 atom stereocenters. The first-order valence-electron chi connectivity index (χ1n) is 5.04. The number of carbonyl (C=O) groups is 1. The summed E-state index contributed by atoms with van der Waals surface area (Å²) in [5.41, 5.74) is 0. The largest absolute Gasteiger partial charge is 0.400 e. The van der Waals surface area contributed by atoms with Crippen LogP contribution in [0.4, 0.5) is 0 Å². The second-order valence-corrected chi connectivity index (χ2v) is 3.35. The summed E-state index contributed by atoms with van der Waals surface area (Å²) in [5, 5.41) is 9.85. The number of hydrogen-bond acceptors (Lipinski definition) is 2. The van der Waals surface area contributed by atoms with E-state index < -0.39 is 0 Å². The zero-order chi connectivity index (χ0) is 10.1. The van der Waals surface area contributed by atoms with E-state index in [1.807, 2.05) is 0 Å². The van der Waals surface area contributed by atoms with Gasteiger partial charge in [0.25, 0.3) is 0 Å². The summed E-state index contributed by atoms with van der Waals surface area (Å²) in [5.74, 6) is 0.918. The Labute approximate surface area is 80.5 Å². The Kier molecular flexibility index (Phi) is 7.69. The Morgan fingerprint density at radius 3 is 2.77 bits per heavy atom. The number of amides is 1. The first kappa shape index (κ1) is 12.4. The monoisotopic (exact) mass is 187 g/mol. The molecule has 3 heteroatoms. The van der Waals surface area contributed by atoms with Gasteiger partial charge in [0.2, 0.25) is 5.91 Å². The lowest BCUT2D eigenvalue weighted by Crippen LogP contribution is -2.33. The standard InChI is InChI=1S/C9H17NO.CH4O/c1-2-3-4-8-5-6-10-9(11)7-8;1-2/h8H,2-7H2,1H3,(H,10,11);2H,1H3. The number of nitrogens with one attached hydrogen (secondary N) is 1. The molecular weight excluding hydrogens is 166 g/mol. The lowest BCUT2D eigenvalue weighted by Gasteiger charge is -2.21. The molecule has 0 bridgehead atoms. The molecule has 0 aromatic carbocycles. The zero-order valence-corrected chi connectivity index (χ0v) is 8.68. The number of carbonyl (C=O) groups excluding carboxylic acids is 1. The summed E-state index contributed by atoms with van der Waals surface area (Å²) in [7, 11) is 1.00. The van der Waals surface area contributed by atoms with Gasteiger partial charge in [-0.1, -0.05) is 19.8 Å². The summed E-state index contributed by atoms with van der Waals surface area (Å²) >= 11 is 0. The van der Waals surface area contributed by atoms with Crippen molar-refractivity contribution in [1.82, 2.24) is 5.32 Å². The molecule has 1 unspecified atom stereocenters. The van der Waals surface area contributed by atoms with E-state index in [0.29, 0.717) is 5.92 Å². The average Bonchev–Trinajstić information content (AvgIpc) is 2.18. The predicted molar refractivity (Wildman–Crippen MR) is 53.4 cm³/mol. The van der Waals surface area contributed by atoms with Gasteiger partial charge in [-0.3, -0.25) is 4.79 Å². The van der Waals surface area contributed by atoms with Crippen molar-refractivity contribution in [2.75, 3.05) is 13.7 Å². The number of aliphatic hydroxyl groups excluding tert-OH is 1. The Morgan fingerprint density at radius 2 is 2.23 bits per heavy atom. The van der Waals surface area contributed by atoms with Crippen LogP contribution in [0.5, 0.6) is 0 Å².